The molecule has 0 N–H and O–H groups in total. The van der Waals surface area contributed by atoms with Crippen molar-refractivity contribution in [3.63, 3.8) is 0 Å². The fourth-order valence-electron chi connectivity index (χ4n) is 9.59. The van der Waals surface area contributed by atoms with Gasteiger partial charge in [0.05, 0.1) is 0 Å². The molecule has 4 fully saturated rings. The van der Waals surface area contributed by atoms with Crippen LogP contribution in [0, 0.1) is 71.0 Å². The Morgan fingerprint density at radius 3 is 1.72 bits per heavy atom. The minimum Gasteiger partial charge on any atom is -0.0879 e. The Bertz CT molecular complexity index is 854. The third-order valence-electron chi connectivity index (χ3n) is 10.5. The highest BCUT2D eigenvalue weighted by molar-refractivity contribution is 5.25. The molecule has 12 unspecified atom stereocenters. The maximum Gasteiger partial charge on any atom is -0.0133 e. The van der Waals surface area contributed by atoms with Gasteiger partial charge in [-0.05, 0) is 110 Å². The van der Waals surface area contributed by atoms with E-state index in [-0.39, 0.29) is 14.9 Å². The smallest absolute Gasteiger partial charge is 0.0133 e. The van der Waals surface area contributed by atoms with Gasteiger partial charge in [0.1, 0.15) is 0 Å². The van der Waals surface area contributed by atoms with Gasteiger partial charge in [0, 0.05) is 0 Å². The van der Waals surface area contributed by atoms with Crippen LogP contribution in [0.4, 0.5) is 0 Å². The normalized spacial score (nSPS) is 51.0. The lowest BCUT2D eigenvalue weighted by molar-refractivity contribution is 0.121. The van der Waals surface area contributed by atoms with Gasteiger partial charge in [-0.25, -0.2) is 0 Å². The van der Waals surface area contributed by atoms with Crippen molar-refractivity contribution in [2.45, 2.75) is 53.4 Å². The zero-order chi connectivity index (χ0) is 19.7. The molecule has 0 aliphatic heterocycles. The van der Waals surface area contributed by atoms with Crippen LogP contribution in [-0.4, -0.2) is 0 Å². The van der Waals surface area contributed by atoms with E-state index in [2.05, 4.69) is 72.9 Å². The van der Waals surface area contributed by atoms with Gasteiger partial charge < -0.3 is 0 Å². The summed E-state index contributed by atoms with van der Waals surface area (Å²) in [7, 11) is 0. The fourth-order valence-corrected chi connectivity index (χ4v) is 9.59. The second-order valence-corrected chi connectivity index (χ2v) is 11.5. The molecule has 4 saturated carbocycles. The molecule has 0 nitrogen and oxygen atoms in total. The van der Waals surface area contributed by atoms with E-state index in [1.54, 1.807) is 6.42 Å². The third kappa shape index (κ3) is 3.23. The summed E-state index contributed by atoms with van der Waals surface area (Å²) in [5.74, 6) is 12.3. The van der Waals surface area contributed by atoms with Gasteiger partial charge in [-0.1, -0.05) is 87.8 Å². The SMILES string of the molecule is C.C.C1=CC2C(C1)C1CC2C2C3C=CC(C3)C12.C1=CC2C3C=CC(C3)C2C1.C1=CCC=C1. The highest BCUT2D eigenvalue weighted by atomic mass is 14.7. The standard InChI is InChI=1S/C15H18.C10H12.C5H6.2CH4/c1-2-10-11(3-1)13-7-12(10)14-8-4-5-9(6-8)15(13)14;1-2-9-7-4-5-8(6-7)10(9)3-1;1-2-4-5-3-1;;/h1-2,4-5,8-15H,3,6-7H2;1-2,4-5,7-10H,3,6H2;1-4H,5H2;2*1H4. The first-order valence-corrected chi connectivity index (χ1v) is 12.9. The average molecular weight is 429 g/mol. The first-order valence-electron chi connectivity index (χ1n) is 12.9. The lowest BCUT2D eigenvalue weighted by Crippen LogP contribution is -2.34. The first-order chi connectivity index (χ1) is 14.9. The molecule has 0 heterocycles. The van der Waals surface area contributed by atoms with Crippen LogP contribution in [0.15, 0.2) is 72.9 Å². The Morgan fingerprint density at radius 1 is 0.438 bits per heavy atom. The van der Waals surface area contributed by atoms with E-state index in [1.165, 1.54) is 25.7 Å². The van der Waals surface area contributed by atoms with Gasteiger partial charge in [-0.3, -0.25) is 0 Å². The topological polar surface area (TPSA) is 0 Å². The summed E-state index contributed by atoms with van der Waals surface area (Å²) in [5, 5.41) is 0. The van der Waals surface area contributed by atoms with E-state index in [1.807, 2.05) is 0 Å². The molecule has 9 aliphatic carbocycles. The molecule has 0 heteroatoms. The number of hydrogen-bond donors (Lipinski definition) is 0. The summed E-state index contributed by atoms with van der Waals surface area (Å²) in [6, 6.07) is 0. The third-order valence-corrected chi connectivity index (χ3v) is 10.5. The van der Waals surface area contributed by atoms with Gasteiger partial charge in [0.15, 0.2) is 0 Å². The zero-order valence-corrected chi connectivity index (χ0v) is 18.1. The summed E-state index contributed by atoms with van der Waals surface area (Å²) in [6.45, 7) is 0. The predicted molar refractivity (Wildman–Crippen MR) is 138 cm³/mol. The predicted octanol–water partition coefficient (Wildman–Crippen LogP) is 8.43. The van der Waals surface area contributed by atoms with Crippen LogP contribution in [0.1, 0.15) is 53.4 Å². The van der Waals surface area contributed by atoms with E-state index in [0.717, 1.165) is 77.4 Å². The zero-order valence-electron chi connectivity index (χ0n) is 18.1. The number of hydrogen-bond acceptors (Lipinski definition) is 0. The Labute approximate surface area is 197 Å². The molecule has 6 bridgehead atoms. The van der Waals surface area contributed by atoms with Crippen LogP contribution in [0.5, 0.6) is 0 Å². The fraction of sp³-hybridized carbons (Fsp3) is 0.625. The van der Waals surface area contributed by atoms with Gasteiger partial charge in [-0.15, -0.1) is 0 Å². The van der Waals surface area contributed by atoms with Crippen molar-refractivity contribution >= 4 is 0 Å². The van der Waals surface area contributed by atoms with Crippen molar-refractivity contribution in [3.8, 4) is 0 Å². The Balaban J connectivity index is 0.000000111. The lowest BCUT2D eigenvalue weighted by Gasteiger charge is -2.38. The van der Waals surface area contributed by atoms with E-state index >= 15 is 0 Å². The summed E-state index contributed by atoms with van der Waals surface area (Å²) in [4.78, 5) is 0. The van der Waals surface area contributed by atoms with Crippen molar-refractivity contribution in [3.05, 3.63) is 72.9 Å². The molecule has 0 saturated heterocycles. The van der Waals surface area contributed by atoms with E-state index in [9.17, 15) is 0 Å². The Morgan fingerprint density at radius 2 is 1.03 bits per heavy atom. The first kappa shape index (κ1) is 22.2. The molecule has 172 valence electrons. The molecule has 12 atom stereocenters. The lowest BCUT2D eigenvalue weighted by atomic mass is 9.66. The average Bonchev–Trinajstić information content (AvgIpc) is 3.65. The molecule has 0 aromatic rings. The van der Waals surface area contributed by atoms with Crippen molar-refractivity contribution in [1.82, 2.24) is 0 Å². The van der Waals surface area contributed by atoms with Crippen molar-refractivity contribution < 1.29 is 0 Å². The van der Waals surface area contributed by atoms with Crippen LogP contribution >= 0.6 is 0 Å². The highest BCUT2D eigenvalue weighted by Crippen LogP contribution is 2.70. The van der Waals surface area contributed by atoms with Crippen molar-refractivity contribution in [2.75, 3.05) is 0 Å². The van der Waals surface area contributed by atoms with Crippen molar-refractivity contribution in [1.29, 1.82) is 0 Å². The van der Waals surface area contributed by atoms with Crippen LogP contribution < -0.4 is 0 Å². The number of rotatable bonds is 0. The van der Waals surface area contributed by atoms with Gasteiger partial charge in [0.25, 0.3) is 0 Å². The minimum absolute atomic E-state index is 0. The second-order valence-electron chi connectivity index (χ2n) is 11.5. The van der Waals surface area contributed by atoms with Crippen LogP contribution in [0.25, 0.3) is 0 Å². The summed E-state index contributed by atoms with van der Waals surface area (Å²) < 4.78 is 0. The van der Waals surface area contributed by atoms with Crippen molar-refractivity contribution in [2.24, 2.45) is 71.0 Å². The summed E-state index contributed by atoms with van der Waals surface area (Å²) >= 11 is 0. The van der Waals surface area contributed by atoms with Gasteiger partial charge in [0.2, 0.25) is 0 Å². The molecular formula is C32H44. The van der Waals surface area contributed by atoms with E-state index < -0.39 is 0 Å². The van der Waals surface area contributed by atoms with Crippen LogP contribution in [-0.2, 0) is 0 Å². The molecule has 0 spiro atoms. The maximum atomic E-state index is 2.57. The number of fused-ring (bicyclic) bond motifs is 17. The minimum atomic E-state index is 0. The summed E-state index contributed by atoms with van der Waals surface area (Å²) in [5.41, 5.74) is 0. The molecule has 32 heavy (non-hydrogen) atoms. The van der Waals surface area contributed by atoms with Crippen LogP contribution in [0.3, 0.4) is 0 Å². The molecule has 0 aromatic carbocycles. The van der Waals surface area contributed by atoms with Gasteiger partial charge in [-0.2, -0.15) is 0 Å². The highest BCUT2D eigenvalue weighted by Gasteiger charge is 2.64. The molecule has 0 aromatic heterocycles. The summed E-state index contributed by atoms with van der Waals surface area (Å²) in [6.07, 6.45) is 36.7. The Hall–Kier alpha value is -1.56. The molecule has 0 radical (unpaired) electrons. The molecule has 0 amide bonds. The second kappa shape index (κ2) is 8.66. The maximum absolute atomic E-state index is 2.57. The monoisotopic (exact) mass is 428 g/mol. The van der Waals surface area contributed by atoms with E-state index in [0.29, 0.717) is 0 Å². The molecular weight excluding hydrogens is 384 g/mol. The quantitative estimate of drug-likeness (QED) is 0.268. The Kier molecular flexibility index (Phi) is 6.02. The molecule has 9 rings (SSSR count). The van der Waals surface area contributed by atoms with Gasteiger partial charge >= 0.3 is 0 Å². The van der Waals surface area contributed by atoms with Crippen LogP contribution in [0.2, 0.25) is 0 Å². The number of allylic oxidation sites excluding steroid dienone is 12. The van der Waals surface area contributed by atoms with E-state index in [4.69, 9.17) is 0 Å². The molecule has 9 aliphatic rings. The largest absolute Gasteiger partial charge is 0.0879 e.